The van der Waals surface area contributed by atoms with E-state index in [4.69, 9.17) is 0 Å². The summed E-state index contributed by atoms with van der Waals surface area (Å²) < 4.78 is 0. The van der Waals surface area contributed by atoms with E-state index in [1.54, 1.807) is 0 Å². The zero-order valence-electron chi connectivity index (χ0n) is 11.7. The normalized spacial score (nSPS) is 17.4. The van der Waals surface area contributed by atoms with E-state index in [9.17, 15) is 5.11 Å². The van der Waals surface area contributed by atoms with Crippen molar-refractivity contribution in [2.75, 3.05) is 27.2 Å². The van der Waals surface area contributed by atoms with Crippen LogP contribution in [0.3, 0.4) is 0 Å². The number of likely N-dealkylation sites (N-methyl/N-ethyl adjacent to an activating group) is 1. The lowest BCUT2D eigenvalue weighted by Gasteiger charge is -2.26. The van der Waals surface area contributed by atoms with Crippen LogP contribution in [0.15, 0.2) is 0 Å². The molecule has 0 bridgehead atoms. The predicted molar refractivity (Wildman–Crippen MR) is 70.7 cm³/mol. The van der Waals surface area contributed by atoms with E-state index in [0.717, 1.165) is 13.0 Å². The molecule has 0 amide bonds. The molecule has 0 heterocycles. The highest BCUT2D eigenvalue weighted by Gasteiger charge is 2.15. The first-order valence-corrected chi connectivity index (χ1v) is 6.57. The maximum Gasteiger partial charge on any atom is 0.0791 e. The summed E-state index contributed by atoms with van der Waals surface area (Å²) in [4.78, 5) is 2.02. The molecule has 98 valence electrons. The Hall–Kier alpha value is -0.120. The number of nitrogens with zero attached hydrogens (tertiary/aromatic N) is 1. The fourth-order valence-electron chi connectivity index (χ4n) is 2.18. The smallest absolute Gasteiger partial charge is 0.0791 e. The number of hydrogen-bond donors (Lipinski definition) is 2. The lowest BCUT2D eigenvalue weighted by atomic mass is 9.95. The number of nitrogens with one attached hydrogen (secondary N) is 1. The van der Waals surface area contributed by atoms with Gasteiger partial charge >= 0.3 is 0 Å². The van der Waals surface area contributed by atoms with Crippen molar-refractivity contribution in [1.82, 2.24) is 10.2 Å². The summed E-state index contributed by atoms with van der Waals surface area (Å²) in [7, 11) is 3.97. The van der Waals surface area contributed by atoms with Gasteiger partial charge in [-0.3, -0.25) is 0 Å². The van der Waals surface area contributed by atoms with E-state index in [-0.39, 0.29) is 6.10 Å². The fraction of sp³-hybridized carbons (Fsp3) is 1.00. The van der Waals surface area contributed by atoms with E-state index < -0.39 is 0 Å². The number of aliphatic hydroxyl groups excluding tert-OH is 1. The zero-order valence-corrected chi connectivity index (χ0v) is 11.7. The minimum Gasteiger partial charge on any atom is -0.390 e. The average Bonchev–Trinajstić information content (AvgIpc) is 2.17. The maximum absolute atomic E-state index is 9.77. The van der Waals surface area contributed by atoms with Gasteiger partial charge in [0.15, 0.2) is 0 Å². The standard InChI is InChI=1S/C13H30N2O/c1-6-8-11(3)13(7-2)14-9-12(16)10-15(4)5/h11-14,16H,6-10H2,1-5H3. The van der Waals surface area contributed by atoms with Crippen LogP contribution in [0.2, 0.25) is 0 Å². The van der Waals surface area contributed by atoms with Crippen LogP contribution in [0.5, 0.6) is 0 Å². The molecule has 2 N–H and O–H groups in total. The molecular formula is C13H30N2O. The van der Waals surface area contributed by atoms with Crippen molar-refractivity contribution in [3.63, 3.8) is 0 Å². The highest BCUT2D eigenvalue weighted by Crippen LogP contribution is 2.13. The van der Waals surface area contributed by atoms with Gasteiger partial charge in [0.1, 0.15) is 0 Å². The van der Waals surface area contributed by atoms with Gasteiger partial charge in [-0.1, -0.05) is 27.2 Å². The van der Waals surface area contributed by atoms with Gasteiger partial charge in [0.2, 0.25) is 0 Å². The summed E-state index contributed by atoms with van der Waals surface area (Å²) in [6, 6.07) is 0.539. The summed E-state index contributed by atoms with van der Waals surface area (Å²) in [6.45, 7) is 8.16. The first kappa shape index (κ1) is 15.9. The molecule has 3 heteroatoms. The van der Waals surface area contributed by atoms with E-state index in [1.807, 2.05) is 19.0 Å². The van der Waals surface area contributed by atoms with Gasteiger partial charge in [0, 0.05) is 19.1 Å². The Bertz CT molecular complexity index is 162. The zero-order chi connectivity index (χ0) is 12.6. The first-order chi connectivity index (χ1) is 7.51. The van der Waals surface area contributed by atoms with Crippen LogP contribution < -0.4 is 5.32 Å². The molecule has 0 aliphatic rings. The largest absolute Gasteiger partial charge is 0.390 e. The van der Waals surface area contributed by atoms with Crippen molar-refractivity contribution in [1.29, 1.82) is 0 Å². The highest BCUT2D eigenvalue weighted by molar-refractivity contribution is 4.74. The van der Waals surface area contributed by atoms with E-state index in [1.165, 1.54) is 12.8 Å². The van der Waals surface area contributed by atoms with Crippen LogP contribution in [0.1, 0.15) is 40.0 Å². The molecule has 0 aliphatic carbocycles. The molecule has 0 fully saturated rings. The molecule has 0 saturated heterocycles. The van der Waals surface area contributed by atoms with Gasteiger partial charge in [-0.05, 0) is 32.9 Å². The van der Waals surface area contributed by atoms with E-state index in [0.29, 0.717) is 18.5 Å². The van der Waals surface area contributed by atoms with E-state index >= 15 is 0 Å². The molecule has 0 radical (unpaired) electrons. The van der Waals surface area contributed by atoms with E-state index in [2.05, 4.69) is 26.1 Å². The monoisotopic (exact) mass is 230 g/mol. The topological polar surface area (TPSA) is 35.5 Å². The van der Waals surface area contributed by atoms with Gasteiger partial charge in [-0.15, -0.1) is 0 Å². The van der Waals surface area contributed by atoms with Crippen molar-refractivity contribution in [3.8, 4) is 0 Å². The minimum atomic E-state index is -0.266. The van der Waals surface area contributed by atoms with Crippen LogP contribution in [0, 0.1) is 5.92 Å². The Kier molecular flexibility index (Phi) is 8.90. The highest BCUT2D eigenvalue weighted by atomic mass is 16.3. The summed E-state index contributed by atoms with van der Waals surface area (Å²) in [5.74, 6) is 0.696. The summed E-state index contributed by atoms with van der Waals surface area (Å²) in [5.41, 5.74) is 0. The Labute approximate surface area is 101 Å². The molecule has 0 saturated carbocycles. The third kappa shape index (κ3) is 7.20. The Morgan fingerprint density at radius 1 is 1.25 bits per heavy atom. The molecular weight excluding hydrogens is 200 g/mol. The molecule has 3 unspecified atom stereocenters. The molecule has 0 aromatic heterocycles. The Morgan fingerprint density at radius 2 is 1.88 bits per heavy atom. The summed E-state index contributed by atoms with van der Waals surface area (Å²) >= 11 is 0. The lowest BCUT2D eigenvalue weighted by molar-refractivity contribution is 0.127. The fourth-order valence-corrected chi connectivity index (χ4v) is 2.18. The predicted octanol–water partition coefficient (Wildman–Crippen LogP) is 1.71. The second-order valence-corrected chi connectivity index (χ2v) is 5.11. The molecule has 0 aromatic carbocycles. The lowest BCUT2D eigenvalue weighted by Crippen LogP contribution is -2.42. The van der Waals surface area contributed by atoms with Gasteiger partial charge in [0.05, 0.1) is 6.10 Å². The first-order valence-electron chi connectivity index (χ1n) is 6.57. The number of hydrogen-bond acceptors (Lipinski definition) is 3. The summed E-state index contributed by atoms with van der Waals surface area (Å²) in [6.07, 6.45) is 3.36. The third-order valence-electron chi connectivity index (χ3n) is 3.06. The second kappa shape index (κ2) is 8.97. The van der Waals surface area contributed by atoms with Gasteiger partial charge in [-0.25, -0.2) is 0 Å². The Morgan fingerprint density at radius 3 is 2.31 bits per heavy atom. The SMILES string of the molecule is CCCC(C)C(CC)NCC(O)CN(C)C. The van der Waals surface area contributed by atoms with Crippen LogP contribution in [-0.2, 0) is 0 Å². The number of aliphatic hydroxyl groups is 1. The van der Waals surface area contributed by atoms with Crippen molar-refractivity contribution in [2.45, 2.75) is 52.2 Å². The van der Waals surface area contributed by atoms with Gasteiger partial charge < -0.3 is 15.3 Å². The van der Waals surface area contributed by atoms with Gasteiger partial charge in [-0.2, -0.15) is 0 Å². The minimum absolute atomic E-state index is 0.266. The van der Waals surface area contributed by atoms with Crippen molar-refractivity contribution >= 4 is 0 Å². The van der Waals surface area contributed by atoms with Crippen LogP contribution in [-0.4, -0.2) is 49.3 Å². The maximum atomic E-state index is 9.77. The second-order valence-electron chi connectivity index (χ2n) is 5.11. The van der Waals surface area contributed by atoms with Crippen LogP contribution in [0.4, 0.5) is 0 Å². The molecule has 0 rings (SSSR count). The quantitative estimate of drug-likeness (QED) is 0.633. The summed E-state index contributed by atoms with van der Waals surface area (Å²) in [5, 5.41) is 13.3. The van der Waals surface area contributed by atoms with Crippen molar-refractivity contribution < 1.29 is 5.11 Å². The molecule has 0 aliphatic heterocycles. The molecule has 0 spiro atoms. The van der Waals surface area contributed by atoms with Crippen molar-refractivity contribution in [3.05, 3.63) is 0 Å². The average molecular weight is 230 g/mol. The van der Waals surface area contributed by atoms with Crippen LogP contribution >= 0.6 is 0 Å². The molecule has 0 aromatic rings. The molecule has 3 atom stereocenters. The van der Waals surface area contributed by atoms with Crippen LogP contribution in [0.25, 0.3) is 0 Å². The Balaban J connectivity index is 3.85. The third-order valence-corrected chi connectivity index (χ3v) is 3.06. The number of rotatable bonds is 9. The van der Waals surface area contributed by atoms with Gasteiger partial charge in [0.25, 0.3) is 0 Å². The molecule has 16 heavy (non-hydrogen) atoms. The van der Waals surface area contributed by atoms with Crippen molar-refractivity contribution in [2.24, 2.45) is 5.92 Å². The molecule has 3 nitrogen and oxygen atoms in total.